The summed E-state index contributed by atoms with van der Waals surface area (Å²) >= 11 is 5.97. The third-order valence-electron chi connectivity index (χ3n) is 3.17. The predicted octanol–water partition coefficient (Wildman–Crippen LogP) is 2.86. The summed E-state index contributed by atoms with van der Waals surface area (Å²) in [5.74, 6) is -0.0893. The minimum atomic E-state index is -4.54. The van der Waals surface area contributed by atoms with E-state index in [0.717, 1.165) is 0 Å². The molecule has 1 N–H and O–H groups in total. The van der Waals surface area contributed by atoms with Crippen LogP contribution in [-0.4, -0.2) is 21.5 Å². The fourth-order valence-electron chi connectivity index (χ4n) is 2.23. The van der Waals surface area contributed by atoms with Crippen molar-refractivity contribution in [3.63, 3.8) is 0 Å². The number of nitrogens with one attached hydrogen (secondary N) is 1. The van der Waals surface area contributed by atoms with E-state index in [1.54, 1.807) is 12.1 Å². The first-order chi connectivity index (χ1) is 9.97. The molecule has 0 atom stereocenters. The van der Waals surface area contributed by atoms with Gasteiger partial charge in [-0.05, 0) is 12.1 Å². The zero-order chi connectivity index (χ0) is 15.0. The highest BCUT2D eigenvalue weighted by molar-refractivity contribution is 6.32. The fraction of sp³-hybridized carbons (Fsp3) is 0.308. The molecule has 1 aliphatic heterocycles. The Bertz CT molecular complexity index is 688. The lowest BCUT2D eigenvalue weighted by Crippen LogP contribution is -2.29. The van der Waals surface area contributed by atoms with Gasteiger partial charge >= 0.3 is 6.18 Å². The number of rotatable bonds is 1. The van der Waals surface area contributed by atoms with Gasteiger partial charge in [-0.3, -0.25) is 4.98 Å². The van der Waals surface area contributed by atoms with Gasteiger partial charge in [0.15, 0.2) is 11.5 Å². The van der Waals surface area contributed by atoms with Crippen molar-refractivity contribution in [2.75, 3.05) is 6.54 Å². The molecule has 0 saturated carbocycles. The van der Waals surface area contributed by atoms with Crippen molar-refractivity contribution in [2.24, 2.45) is 0 Å². The molecule has 3 rings (SSSR count). The van der Waals surface area contributed by atoms with Gasteiger partial charge in [-0.2, -0.15) is 13.2 Å². The lowest BCUT2D eigenvalue weighted by Gasteiger charge is -2.21. The van der Waals surface area contributed by atoms with Crippen LogP contribution < -0.4 is 5.32 Å². The van der Waals surface area contributed by atoms with Gasteiger partial charge in [0, 0.05) is 31.3 Å². The second-order valence-corrected chi connectivity index (χ2v) is 4.99. The van der Waals surface area contributed by atoms with E-state index in [0.29, 0.717) is 18.7 Å². The summed E-state index contributed by atoms with van der Waals surface area (Å²) in [7, 11) is 0. The Balaban J connectivity index is 2.22. The van der Waals surface area contributed by atoms with Crippen molar-refractivity contribution in [1.29, 1.82) is 0 Å². The van der Waals surface area contributed by atoms with Crippen molar-refractivity contribution in [3.8, 4) is 11.5 Å². The number of fused-ring (bicyclic) bond motifs is 1. The highest BCUT2D eigenvalue weighted by Gasteiger charge is 2.38. The van der Waals surface area contributed by atoms with E-state index in [-0.39, 0.29) is 28.6 Å². The standard InChI is InChI=1S/C13H10ClF3N4/c14-8-2-1-4-19-10(8)12-20-9-3-5-18-6-7(9)11(21-12)13(15,16)17/h1-2,4,18H,3,5-6H2. The van der Waals surface area contributed by atoms with E-state index in [2.05, 4.69) is 20.3 Å². The summed E-state index contributed by atoms with van der Waals surface area (Å²) in [6, 6.07) is 3.14. The molecule has 4 nitrogen and oxygen atoms in total. The zero-order valence-corrected chi connectivity index (χ0v) is 11.5. The summed E-state index contributed by atoms with van der Waals surface area (Å²) in [5, 5.41) is 3.12. The predicted molar refractivity (Wildman–Crippen MR) is 70.7 cm³/mol. The molecule has 0 saturated heterocycles. The number of halogens is 4. The van der Waals surface area contributed by atoms with E-state index in [9.17, 15) is 13.2 Å². The second kappa shape index (κ2) is 5.23. The van der Waals surface area contributed by atoms with E-state index >= 15 is 0 Å². The molecule has 0 fully saturated rings. The molecule has 0 aromatic carbocycles. The smallest absolute Gasteiger partial charge is 0.312 e. The van der Waals surface area contributed by atoms with Crippen LogP contribution in [0.15, 0.2) is 18.3 Å². The normalized spacial score (nSPS) is 14.9. The highest BCUT2D eigenvalue weighted by Crippen LogP contribution is 2.34. The average Bonchev–Trinajstić information content (AvgIpc) is 2.45. The maximum Gasteiger partial charge on any atom is 0.433 e. The van der Waals surface area contributed by atoms with E-state index in [1.165, 1.54) is 6.20 Å². The van der Waals surface area contributed by atoms with Crippen molar-refractivity contribution in [2.45, 2.75) is 19.1 Å². The van der Waals surface area contributed by atoms with Gasteiger partial charge in [0.25, 0.3) is 0 Å². The monoisotopic (exact) mass is 314 g/mol. The lowest BCUT2D eigenvalue weighted by molar-refractivity contribution is -0.142. The minimum absolute atomic E-state index is 0.0893. The van der Waals surface area contributed by atoms with Crippen LogP contribution in [0.1, 0.15) is 17.0 Å². The van der Waals surface area contributed by atoms with Crippen molar-refractivity contribution < 1.29 is 13.2 Å². The fourth-order valence-corrected chi connectivity index (χ4v) is 2.44. The van der Waals surface area contributed by atoms with Gasteiger partial charge in [0.05, 0.1) is 10.7 Å². The third-order valence-corrected chi connectivity index (χ3v) is 3.48. The Morgan fingerprint density at radius 3 is 2.76 bits per heavy atom. The molecule has 110 valence electrons. The van der Waals surface area contributed by atoms with Crippen LogP contribution in [0.3, 0.4) is 0 Å². The molecular weight excluding hydrogens is 305 g/mol. The maximum absolute atomic E-state index is 13.2. The summed E-state index contributed by atoms with van der Waals surface area (Å²) in [6.07, 6.45) is -2.68. The molecule has 3 heterocycles. The molecule has 0 aliphatic carbocycles. The van der Waals surface area contributed by atoms with Crippen LogP contribution >= 0.6 is 11.6 Å². The summed E-state index contributed by atoms with van der Waals surface area (Å²) in [6.45, 7) is 0.692. The van der Waals surface area contributed by atoms with E-state index in [1.807, 2.05) is 0 Å². The first-order valence-electron chi connectivity index (χ1n) is 6.25. The Kier molecular flexibility index (Phi) is 3.54. The van der Waals surface area contributed by atoms with Crippen LogP contribution in [-0.2, 0) is 19.1 Å². The minimum Gasteiger partial charge on any atom is -0.312 e. The Morgan fingerprint density at radius 1 is 1.24 bits per heavy atom. The quantitative estimate of drug-likeness (QED) is 0.879. The molecule has 0 amide bonds. The van der Waals surface area contributed by atoms with E-state index in [4.69, 9.17) is 11.6 Å². The number of nitrogens with zero attached hydrogens (tertiary/aromatic N) is 3. The Hall–Kier alpha value is -1.73. The van der Waals surface area contributed by atoms with E-state index < -0.39 is 11.9 Å². The number of hydrogen-bond acceptors (Lipinski definition) is 4. The van der Waals surface area contributed by atoms with Crippen LogP contribution in [0.5, 0.6) is 0 Å². The van der Waals surface area contributed by atoms with Crippen LogP contribution in [0.2, 0.25) is 5.02 Å². The van der Waals surface area contributed by atoms with Gasteiger partial charge in [0.1, 0.15) is 5.69 Å². The maximum atomic E-state index is 13.2. The molecule has 8 heteroatoms. The van der Waals surface area contributed by atoms with Gasteiger partial charge in [-0.25, -0.2) is 9.97 Å². The molecule has 0 radical (unpaired) electrons. The lowest BCUT2D eigenvalue weighted by atomic mass is 10.0. The molecular formula is C13H10ClF3N4. The average molecular weight is 315 g/mol. The molecule has 1 aliphatic rings. The first-order valence-corrected chi connectivity index (χ1v) is 6.63. The number of aromatic nitrogens is 3. The Labute approximate surface area is 123 Å². The Morgan fingerprint density at radius 2 is 2.05 bits per heavy atom. The van der Waals surface area contributed by atoms with Gasteiger partial charge in [0.2, 0.25) is 0 Å². The van der Waals surface area contributed by atoms with Gasteiger partial charge < -0.3 is 5.32 Å². The topological polar surface area (TPSA) is 50.7 Å². The summed E-state index contributed by atoms with van der Waals surface area (Å²) in [5.41, 5.74) is -0.264. The van der Waals surface area contributed by atoms with Crippen LogP contribution in [0.25, 0.3) is 11.5 Å². The van der Waals surface area contributed by atoms with Crippen LogP contribution in [0.4, 0.5) is 13.2 Å². The van der Waals surface area contributed by atoms with Crippen LogP contribution in [0, 0.1) is 0 Å². The number of alkyl halides is 3. The molecule has 0 bridgehead atoms. The first kappa shape index (κ1) is 14.2. The largest absolute Gasteiger partial charge is 0.433 e. The molecule has 2 aromatic rings. The zero-order valence-electron chi connectivity index (χ0n) is 10.7. The van der Waals surface area contributed by atoms with Crippen molar-refractivity contribution >= 4 is 11.6 Å². The highest BCUT2D eigenvalue weighted by atomic mass is 35.5. The summed E-state index contributed by atoms with van der Waals surface area (Å²) < 4.78 is 39.6. The van der Waals surface area contributed by atoms with Crippen molar-refractivity contribution in [3.05, 3.63) is 40.3 Å². The third kappa shape index (κ3) is 2.71. The number of pyridine rings is 1. The molecule has 2 aromatic heterocycles. The molecule has 21 heavy (non-hydrogen) atoms. The van der Waals surface area contributed by atoms with Gasteiger partial charge in [-0.15, -0.1) is 0 Å². The SMILES string of the molecule is FC(F)(F)c1nc(-c2ncccc2Cl)nc2c1CNCC2. The van der Waals surface area contributed by atoms with Crippen molar-refractivity contribution in [1.82, 2.24) is 20.3 Å². The summed E-state index contributed by atoms with van der Waals surface area (Å²) in [4.78, 5) is 11.9. The number of hydrogen-bond donors (Lipinski definition) is 1. The second-order valence-electron chi connectivity index (χ2n) is 4.58. The molecule has 0 unspecified atom stereocenters. The molecule has 0 spiro atoms. The van der Waals surface area contributed by atoms with Gasteiger partial charge in [-0.1, -0.05) is 11.6 Å².